The van der Waals surface area contributed by atoms with Gasteiger partial charge in [0.2, 0.25) is 21.8 Å². The molecule has 0 spiro atoms. The zero-order chi connectivity index (χ0) is 27.9. The fourth-order valence-electron chi connectivity index (χ4n) is 3.55. The molecule has 0 saturated heterocycles. The molecule has 0 aliphatic carbocycles. The fourth-order valence-corrected chi connectivity index (χ4v) is 5.47. The highest BCUT2D eigenvalue weighted by atomic mass is 35.5. The number of sulfonamides is 1. The largest absolute Gasteiger partial charge is 0.354 e. The number of carbonyl (C=O) groups excluding carboxylic acids is 2. The molecule has 204 valence electrons. The summed E-state index contributed by atoms with van der Waals surface area (Å²) in [6, 6.07) is 8.73. The van der Waals surface area contributed by atoms with Crippen LogP contribution in [0.3, 0.4) is 0 Å². The van der Waals surface area contributed by atoms with Crippen LogP contribution in [0.25, 0.3) is 0 Å². The Morgan fingerprint density at radius 3 is 2.16 bits per heavy atom. The first-order valence-electron chi connectivity index (χ1n) is 11.6. The lowest BCUT2D eigenvalue weighted by Crippen LogP contribution is -2.48. The molecule has 0 aromatic heterocycles. The summed E-state index contributed by atoms with van der Waals surface area (Å²) in [5.41, 5.74) is 0.747. The molecule has 2 amide bonds. The Kier molecular flexibility index (Phi) is 11.8. The van der Waals surface area contributed by atoms with Crippen LogP contribution >= 0.6 is 46.4 Å². The van der Waals surface area contributed by atoms with Crippen LogP contribution in [0.1, 0.15) is 39.2 Å². The third-order valence-corrected chi connectivity index (χ3v) is 8.01. The predicted octanol–water partition coefficient (Wildman–Crippen LogP) is 6.04. The summed E-state index contributed by atoms with van der Waals surface area (Å²) in [4.78, 5) is 27.6. The van der Waals surface area contributed by atoms with Gasteiger partial charge < -0.3 is 10.2 Å². The molecule has 0 heterocycles. The quantitative estimate of drug-likeness (QED) is 0.318. The summed E-state index contributed by atoms with van der Waals surface area (Å²) < 4.78 is 26.1. The summed E-state index contributed by atoms with van der Waals surface area (Å²) in [5, 5.41) is 4.14. The van der Waals surface area contributed by atoms with Crippen LogP contribution in [0.2, 0.25) is 20.1 Å². The van der Waals surface area contributed by atoms with Gasteiger partial charge in [-0.05, 0) is 49.6 Å². The number of hydrogen-bond donors (Lipinski definition) is 1. The van der Waals surface area contributed by atoms with Gasteiger partial charge in [0.25, 0.3) is 0 Å². The third-order valence-electron chi connectivity index (χ3n) is 5.57. The molecule has 1 N–H and O–H groups in total. The maximum atomic E-state index is 13.4. The number of carbonyl (C=O) groups is 2. The number of rotatable bonds is 12. The van der Waals surface area contributed by atoms with Gasteiger partial charge in [-0.1, -0.05) is 66.3 Å². The minimum absolute atomic E-state index is 0.0146. The molecule has 0 bridgehead atoms. The van der Waals surface area contributed by atoms with Gasteiger partial charge >= 0.3 is 0 Å². The second kappa shape index (κ2) is 13.9. The lowest BCUT2D eigenvalue weighted by Gasteiger charge is -2.30. The average Bonchev–Trinajstić information content (AvgIpc) is 2.80. The highest BCUT2D eigenvalue weighted by Gasteiger charge is 2.28. The number of anilines is 1. The normalized spacial score (nSPS) is 12.4. The fraction of sp³-hybridized carbons (Fsp3) is 0.440. The second-order valence-corrected chi connectivity index (χ2v) is 12.6. The lowest BCUT2D eigenvalue weighted by molar-refractivity contribution is -0.140. The molecule has 37 heavy (non-hydrogen) atoms. The molecular weight excluding hydrogens is 580 g/mol. The summed E-state index contributed by atoms with van der Waals surface area (Å²) in [6.07, 6.45) is 1.19. The molecule has 12 heteroatoms. The molecule has 2 aromatic rings. The first kappa shape index (κ1) is 31.5. The van der Waals surface area contributed by atoms with Crippen molar-refractivity contribution < 1.29 is 18.0 Å². The van der Waals surface area contributed by atoms with E-state index in [0.717, 1.165) is 10.6 Å². The molecule has 0 radical (unpaired) electrons. The van der Waals surface area contributed by atoms with E-state index in [9.17, 15) is 18.0 Å². The van der Waals surface area contributed by atoms with Crippen LogP contribution in [0.4, 0.5) is 5.69 Å². The van der Waals surface area contributed by atoms with Crippen molar-refractivity contribution in [2.45, 2.75) is 46.2 Å². The van der Waals surface area contributed by atoms with E-state index in [2.05, 4.69) is 5.32 Å². The zero-order valence-corrected chi connectivity index (χ0v) is 24.9. The first-order valence-corrected chi connectivity index (χ1v) is 15.0. The zero-order valence-electron chi connectivity index (χ0n) is 21.1. The van der Waals surface area contributed by atoms with Gasteiger partial charge in [0.05, 0.1) is 17.0 Å². The van der Waals surface area contributed by atoms with Gasteiger partial charge in [-0.15, -0.1) is 0 Å². The molecule has 0 aliphatic rings. The molecule has 0 fully saturated rings. The minimum atomic E-state index is -3.71. The Morgan fingerprint density at radius 1 is 0.973 bits per heavy atom. The van der Waals surface area contributed by atoms with Crippen molar-refractivity contribution in [2.24, 2.45) is 5.92 Å². The van der Waals surface area contributed by atoms with E-state index in [4.69, 9.17) is 46.4 Å². The van der Waals surface area contributed by atoms with Crippen molar-refractivity contribution in [3.63, 3.8) is 0 Å². The molecule has 0 aliphatic heterocycles. The molecule has 0 saturated carbocycles. The summed E-state index contributed by atoms with van der Waals surface area (Å²) in [6.45, 7) is 6.03. The second-order valence-electron chi connectivity index (χ2n) is 9.07. The third kappa shape index (κ3) is 9.21. The molecular formula is C25H31Cl4N3O4S. The van der Waals surface area contributed by atoms with E-state index in [1.807, 2.05) is 13.8 Å². The van der Waals surface area contributed by atoms with Crippen LogP contribution in [-0.2, 0) is 26.2 Å². The standard InChI is InChI=1S/C25H31Cl4N3O4S/c1-16(2)14-30-25(34)17(3)31(15-19-20(27)7-5-8-21(19)28)24(33)9-6-12-32(37(4,35)36)23-13-18(26)10-11-22(23)29/h5,7-8,10-11,13,16-17H,6,9,12,14-15H2,1-4H3,(H,30,34). The maximum Gasteiger partial charge on any atom is 0.242 e. The average molecular weight is 611 g/mol. The molecule has 7 nitrogen and oxygen atoms in total. The van der Waals surface area contributed by atoms with E-state index in [-0.39, 0.29) is 54.4 Å². The lowest BCUT2D eigenvalue weighted by atomic mass is 10.1. The Balaban J connectivity index is 2.25. The van der Waals surface area contributed by atoms with Crippen LogP contribution in [0, 0.1) is 5.92 Å². The van der Waals surface area contributed by atoms with E-state index in [0.29, 0.717) is 27.2 Å². The van der Waals surface area contributed by atoms with Crippen LogP contribution in [0.15, 0.2) is 36.4 Å². The Labute approximate surface area is 239 Å². The van der Waals surface area contributed by atoms with Crippen molar-refractivity contribution in [3.8, 4) is 0 Å². The van der Waals surface area contributed by atoms with Gasteiger partial charge in [-0.25, -0.2) is 8.42 Å². The number of halogens is 4. The highest BCUT2D eigenvalue weighted by molar-refractivity contribution is 7.92. The monoisotopic (exact) mass is 609 g/mol. The smallest absolute Gasteiger partial charge is 0.242 e. The van der Waals surface area contributed by atoms with Crippen molar-refractivity contribution in [1.82, 2.24) is 10.2 Å². The van der Waals surface area contributed by atoms with E-state index >= 15 is 0 Å². The first-order chi connectivity index (χ1) is 17.2. The van der Waals surface area contributed by atoms with Gasteiger partial charge in [0, 0.05) is 46.7 Å². The summed E-state index contributed by atoms with van der Waals surface area (Å²) >= 11 is 25.0. The van der Waals surface area contributed by atoms with E-state index in [1.54, 1.807) is 31.2 Å². The topological polar surface area (TPSA) is 86.8 Å². The van der Waals surface area contributed by atoms with Gasteiger partial charge in [0.1, 0.15) is 6.04 Å². The number of amides is 2. The van der Waals surface area contributed by atoms with Crippen molar-refractivity contribution >= 4 is 73.9 Å². The molecule has 1 unspecified atom stereocenters. The Bertz CT molecular complexity index is 1200. The predicted molar refractivity (Wildman–Crippen MR) is 152 cm³/mol. The summed E-state index contributed by atoms with van der Waals surface area (Å²) in [5.74, 6) is -0.430. The van der Waals surface area contributed by atoms with Crippen molar-refractivity contribution in [1.29, 1.82) is 0 Å². The number of nitrogens with one attached hydrogen (secondary N) is 1. The Hall–Kier alpha value is -1.71. The summed E-state index contributed by atoms with van der Waals surface area (Å²) in [7, 11) is -3.71. The SMILES string of the molecule is CC(C)CNC(=O)C(C)N(Cc1c(Cl)cccc1Cl)C(=O)CCCN(c1cc(Cl)ccc1Cl)S(C)(=O)=O. The number of nitrogens with zero attached hydrogens (tertiary/aromatic N) is 2. The van der Waals surface area contributed by atoms with Gasteiger partial charge in [-0.3, -0.25) is 13.9 Å². The van der Waals surface area contributed by atoms with Crippen molar-refractivity contribution in [3.05, 3.63) is 62.1 Å². The number of hydrogen-bond acceptors (Lipinski definition) is 4. The Morgan fingerprint density at radius 2 is 1.59 bits per heavy atom. The van der Waals surface area contributed by atoms with Gasteiger partial charge in [-0.2, -0.15) is 0 Å². The van der Waals surface area contributed by atoms with E-state index < -0.39 is 16.1 Å². The minimum Gasteiger partial charge on any atom is -0.354 e. The number of benzene rings is 2. The molecule has 2 aromatic carbocycles. The molecule has 2 rings (SSSR count). The van der Waals surface area contributed by atoms with Gasteiger partial charge in [0.15, 0.2) is 0 Å². The van der Waals surface area contributed by atoms with Crippen LogP contribution in [0.5, 0.6) is 0 Å². The van der Waals surface area contributed by atoms with E-state index in [1.165, 1.54) is 17.0 Å². The van der Waals surface area contributed by atoms with Crippen LogP contribution in [-0.4, -0.2) is 50.5 Å². The maximum absolute atomic E-state index is 13.4. The van der Waals surface area contributed by atoms with Crippen LogP contribution < -0.4 is 9.62 Å². The highest BCUT2D eigenvalue weighted by Crippen LogP contribution is 2.31. The molecule has 1 atom stereocenters. The van der Waals surface area contributed by atoms with Crippen molar-refractivity contribution in [2.75, 3.05) is 23.7 Å².